The van der Waals surface area contributed by atoms with Crippen LogP contribution in [0.5, 0.6) is 0 Å². The predicted molar refractivity (Wildman–Crippen MR) is 61.8 cm³/mol. The van der Waals surface area contributed by atoms with Crippen molar-refractivity contribution in [3.63, 3.8) is 0 Å². The van der Waals surface area contributed by atoms with Gasteiger partial charge in [-0.2, -0.15) is 0 Å². The van der Waals surface area contributed by atoms with Gasteiger partial charge < -0.3 is 10.4 Å². The lowest BCUT2D eigenvalue weighted by Gasteiger charge is -1.94. The van der Waals surface area contributed by atoms with E-state index < -0.39 is 0 Å². The Kier molecular flexibility index (Phi) is 2.82. The number of fused-ring (bicyclic) bond motifs is 1. The maximum Gasteiger partial charge on any atom is 0.0746 e. The van der Waals surface area contributed by atoms with Crippen LogP contribution in [0, 0.1) is 0 Å². The summed E-state index contributed by atoms with van der Waals surface area (Å²) in [5, 5.41) is 23.2. The van der Waals surface area contributed by atoms with E-state index in [4.69, 9.17) is 10.4 Å². The molecule has 2 aliphatic carbocycles. The summed E-state index contributed by atoms with van der Waals surface area (Å²) in [6.45, 7) is 0. The fourth-order valence-electron chi connectivity index (χ4n) is 1.70. The summed E-state index contributed by atoms with van der Waals surface area (Å²) in [4.78, 5) is 0. The van der Waals surface area contributed by atoms with E-state index in [-0.39, 0.29) is 0 Å². The molecule has 0 saturated heterocycles. The van der Waals surface area contributed by atoms with Crippen LogP contribution in [0.1, 0.15) is 11.1 Å². The zero-order chi connectivity index (χ0) is 11.4. The van der Waals surface area contributed by atoms with Crippen molar-refractivity contribution in [1.29, 1.82) is 0 Å². The second-order valence-electron chi connectivity index (χ2n) is 3.28. The number of hydrogen-bond donors (Lipinski definition) is 2. The van der Waals surface area contributed by atoms with Gasteiger partial charge in [-0.15, -0.1) is 0 Å². The quantitative estimate of drug-likeness (QED) is 0.458. The maximum absolute atomic E-state index is 8.62. The van der Waals surface area contributed by atoms with Crippen LogP contribution in [0.2, 0.25) is 0 Å². The average molecular weight is 214 g/mol. The highest BCUT2D eigenvalue weighted by molar-refractivity contribution is 6.03. The first-order chi connectivity index (χ1) is 7.86. The molecule has 16 heavy (non-hydrogen) atoms. The standard InChI is InChI=1S/C12H10N2O2/c15-13-7-10-6-9-4-2-1-3-5-11(9)12(10)8-14-16/h1-8,15-16H. The number of hydrogen-bond acceptors (Lipinski definition) is 4. The maximum atomic E-state index is 8.62. The predicted octanol–water partition coefficient (Wildman–Crippen LogP) is 2.41. The van der Waals surface area contributed by atoms with Gasteiger partial charge in [0, 0.05) is 11.1 Å². The van der Waals surface area contributed by atoms with Gasteiger partial charge in [-0.3, -0.25) is 0 Å². The zero-order valence-corrected chi connectivity index (χ0v) is 8.41. The van der Waals surface area contributed by atoms with E-state index in [0.29, 0.717) is 5.56 Å². The van der Waals surface area contributed by atoms with E-state index in [1.54, 1.807) is 0 Å². The largest absolute Gasteiger partial charge is 0.411 e. The first-order valence-electron chi connectivity index (χ1n) is 4.73. The van der Waals surface area contributed by atoms with Gasteiger partial charge in [-0.25, -0.2) is 0 Å². The molecular weight excluding hydrogens is 204 g/mol. The molecule has 0 aromatic carbocycles. The number of oxime groups is 2. The topological polar surface area (TPSA) is 65.2 Å². The summed E-state index contributed by atoms with van der Waals surface area (Å²) in [6, 6.07) is 11.5. The van der Waals surface area contributed by atoms with Crippen molar-refractivity contribution in [3.8, 4) is 11.1 Å². The second kappa shape index (κ2) is 4.44. The Labute approximate surface area is 92.5 Å². The molecule has 4 heteroatoms. The van der Waals surface area contributed by atoms with Crippen LogP contribution in [0.15, 0.2) is 46.7 Å². The molecule has 0 heterocycles. The molecule has 0 unspecified atom stereocenters. The minimum atomic E-state index is 0.710. The van der Waals surface area contributed by atoms with Crippen LogP contribution in [-0.2, 0) is 0 Å². The molecule has 2 N–H and O–H groups in total. The lowest BCUT2D eigenvalue weighted by molar-refractivity contribution is 0.321. The Hall–Kier alpha value is -2.36. The molecule has 4 nitrogen and oxygen atoms in total. The van der Waals surface area contributed by atoms with E-state index in [2.05, 4.69) is 10.3 Å². The Morgan fingerprint density at radius 2 is 1.69 bits per heavy atom. The van der Waals surface area contributed by atoms with Crippen LogP contribution in [0.4, 0.5) is 0 Å². The van der Waals surface area contributed by atoms with Crippen molar-refractivity contribution >= 4 is 12.4 Å². The Bertz CT molecular complexity index is 521. The van der Waals surface area contributed by atoms with Gasteiger partial charge in [-0.1, -0.05) is 40.6 Å². The van der Waals surface area contributed by atoms with Crippen molar-refractivity contribution < 1.29 is 10.4 Å². The molecule has 0 bridgehead atoms. The highest BCUT2D eigenvalue weighted by Gasteiger charge is 2.12. The molecule has 0 aromatic rings. The molecule has 0 aromatic heterocycles. The lowest BCUT2D eigenvalue weighted by Crippen LogP contribution is -1.86. The van der Waals surface area contributed by atoms with E-state index in [9.17, 15) is 0 Å². The molecule has 0 radical (unpaired) electrons. The molecule has 0 spiro atoms. The first kappa shape index (κ1) is 10.2. The Morgan fingerprint density at radius 1 is 0.938 bits per heavy atom. The van der Waals surface area contributed by atoms with E-state index >= 15 is 0 Å². The normalized spacial score (nSPS) is 11.8. The molecule has 80 valence electrons. The number of rotatable bonds is 2. The third-order valence-electron chi connectivity index (χ3n) is 2.37. The van der Waals surface area contributed by atoms with E-state index in [1.165, 1.54) is 12.4 Å². The lowest BCUT2D eigenvalue weighted by atomic mass is 10.1. The van der Waals surface area contributed by atoms with Gasteiger partial charge in [0.05, 0.1) is 12.4 Å². The summed E-state index contributed by atoms with van der Waals surface area (Å²) < 4.78 is 0. The van der Waals surface area contributed by atoms with Crippen molar-refractivity contribution in [2.75, 3.05) is 0 Å². The van der Waals surface area contributed by atoms with Crippen LogP contribution in [0.25, 0.3) is 11.1 Å². The minimum absolute atomic E-state index is 0.710. The van der Waals surface area contributed by atoms with Crippen molar-refractivity contribution in [3.05, 3.63) is 47.5 Å². The van der Waals surface area contributed by atoms with Gasteiger partial charge in [-0.05, 0) is 17.2 Å². The zero-order valence-electron chi connectivity index (χ0n) is 8.41. The first-order valence-corrected chi connectivity index (χ1v) is 4.73. The smallest absolute Gasteiger partial charge is 0.0746 e. The molecular formula is C12H10N2O2. The minimum Gasteiger partial charge on any atom is -0.411 e. The molecule has 2 rings (SSSR count). The molecule has 0 aliphatic heterocycles. The summed E-state index contributed by atoms with van der Waals surface area (Å²) in [6.07, 6.45) is 2.65. The monoisotopic (exact) mass is 214 g/mol. The third kappa shape index (κ3) is 1.72. The van der Waals surface area contributed by atoms with E-state index in [1.807, 2.05) is 36.4 Å². The van der Waals surface area contributed by atoms with Crippen molar-refractivity contribution in [2.45, 2.75) is 0 Å². The van der Waals surface area contributed by atoms with Crippen molar-refractivity contribution in [2.24, 2.45) is 10.3 Å². The Balaban J connectivity index is 2.71. The molecule has 2 aliphatic rings. The molecule has 0 amide bonds. The SMILES string of the molecule is ON=Cc1cc2cccccc-2c1C=NO. The highest BCUT2D eigenvalue weighted by atomic mass is 16.4. The van der Waals surface area contributed by atoms with Crippen LogP contribution in [-0.4, -0.2) is 22.8 Å². The summed E-state index contributed by atoms with van der Waals surface area (Å²) >= 11 is 0. The second-order valence-corrected chi connectivity index (χ2v) is 3.28. The van der Waals surface area contributed by atoms with Gasteiger partial charge in [0.25, 0.3) is 0 Å². The molecule has 0 fully saturated rings. The highest BCUT2D eigenvalue weighted by Crippen LogP contribution is 2.28. The number of nitrogens with zero attached hydrogens (tertiary/aromatic N) is 2. The van der Waals surface area contributed by atoms with Crippen LogP contribution in [0.3, 0.4) is 0 Å². The molecule has 0 saturated carbocycles. The summed E-state index contributed by atoms with van der Waals surface area (Å²) in [5.74, 6) is 0. The molecule has 0 atom stereocenters. The third-order valence-corrected chi connectivity index (χ3v) is 2.37. The van der Waals surface area contributed by atoms with Gasteiger partial charge in [0.15, 0.2) is 0 Å². The Morgan fingerprint density at radius 3 is 2.44 bits per heavy atom. The van der Waals surface area contributed by atoms with Crippen molar-refractivity contribution in [1.82, 2.24) is 0 Å². The summed E-state index contributed by atoms with van der Waals surface area (Å²) in [7, 11) is 0. The summed E-state index contributed by atoms with van der Waals surface area (Å²) in [5.41, 5.74) is 3.38. The van der Waals surface area contributed by atoms with E-state index in [0.717, 1.165) is 16.7 Å². The van der Waals surface area contributed by atoms with Crippen LogP contribution >= 0.6 is 0 Å². The fourth-order valence-corrected chi connectivity index (χ4v) is 1.70. The van der Waals surface area contributed by atoms with Gasteiger partial charge in [0.1, 0.15) is 0 Å². The van der Waals surface area contributed by atoms with Gasteiger partial charge in [0.2, 0.25) is 0 Å². The fraction of sp³-hybridized carbons (Fsp3) is 0. The van der Waals surface area contributed by atoms with Crippen LogP contribution < -0.4 is 0 Å². The average Bonchev–Trinajstić information content (AvgIpc) is 2.49. The van der Waals surface area contributed by atoms with Gasteiger partial charge >= 0.3 is 0 Å².